The molecule has 1 fully saturated rings. The molecule has 1 rings (SSSR count). The second-order valence-corrected chi connectivity index (χ2v) is 4.44. The highest BCUT2D eigenvalue weighted by Crippen LogP contribution is 2.19. The average molecular weight is 255 g/mol. The van der Waals surface area contributed by atoms with Crippen molar-refractivity contribution in [1.82, 2.24) is 4.90 Å². The highest BCUT2D eigenvalue weighted by atomic mass is 127. The lowest BCUT2D eigenvalue weighted by Crippen LogP contribution is -2.43. The summed E-state index contributed by atoms with van der Waals surface area (Å²) in [5.41, 5.74) is 0. The Morgan fingerprint density at radius 1 is 1.60 bits per heavy atom. The minimum atomic E-state index is 0.444. The Kier molecular flexibility index (Phi) is 3.39. The van der Waals surface area contributed by atoms with E-state index in [1.54, 1.807) is 7.11 Å². The van der Waals surface area contributed by atoms with E-state index in [-0.39, 0.29) is 0 Å². The molecule has 0 N–H and O–H groups in total. The van der Waals surface area contributed by atoms with E-state index in [9.17, 15) is 0 Å². The van der Waals surface area contributed by atoms with Crippen LogP contribution < -0.4 is 0 Å². The highest BCUT2D eigenvalue weighted by Gasteiger charge is 2.24. The fraction of sp³-hybridized carbons (Fsp3) is 1.00. The standard InChI is InChI=1S/C7H14INO/c1-9-4-3-6(8)7(5-9)10-2/h6-7H,3-5H2,1-2H3. The van der Waals surface area contributed by atoms with Crippen LogP contribution in [0.1, 0.15) is 6.42 Å². The quantitative estimate of drug-likeness (QED) is 0.514. The molecule has 0 aromatic carbocycles. The average Bonchev–Trinajstić information content (AvgIpc) is 1.94. The summed E-state index contributed by atoms with van der Waals surface area (Å²) < 4.78 is 6.03. The van der Waals surface area contributed by atoms with Crippen molar-refractivity contribution in [3.8, 4) is 0 Å². The molecule has 2 atom stereocenters. The Morgan fingerprint density at radius 2 is 2.30 bits per heavy atom. The normalized spacial score (nSPS) is 36.3. The number of ether oxygens (including phenoxy) is 1. The molecule has 0 bridgehead atoms. The van der Waals surface area contributed by atoms with E-state index in [0.29, 0.717) is 10.0 Å². The van der Waals surface area contributed by atoms with Crippen LogP contribution in [-0.2, 0) is 4.74 Å². The van der Waals surface area contributed by atoms with Gasteiger partial charge >= 0.3 is 0 Å². The van der Waals surface area contributed by atoms with Gasteiger partial charge in [0.05, 0.1) is 6.10 Å². The first-order valence-corrected chi connectivity index (χ1v) is 4.84. The lowest BCUT2D eigenvalue weighted by molar-refractivity contribution is 0.0499. The molecular weight excluding hydrogens is 241 g/mol. The summed E-state index contributed by atoms with van der Waals surface area (Å²) >= 11 is 2.48. The van der Waals surface area contributed by atoms with Gasteiger partial charge < -0.3 is 9.64 Å². The van der Waals surface area contributed by atoms with Crippen LogP contribution in [0, 0.1) is 0 Å². The zero-order valence-electron chi connectivity index (χ0n) is 6.51. The lowest BCUT2D eigenvalue weighted by atomic mass is 10.1. The van der Waals surface area contributed by atoms with Crippen LogP contribution in [0.2, 0.25) is 0 Å². The first kappa shape index (κ1) is 8.74. The second kappa shape index (κ2) is 3.88. The van der Waals surface area contributed by atoms with Gasteiger partial charge in [-0.3, -0.25) is 0 Å². The van der Waals surface area contributed by atoms with Crippen molar-refractivity contribution in [1.29, 1.82) is 0 Å². The number of piperidine rings is 1. The van der Waals surface area contributed by atoms with Crippen molar-refractivity contribution in [2.45, 2.75) is 16.4 Å². The molecule has 1 heterocycles. The molecule has 60 valence electrons. The summed E-state index contributed by atoms with van der Waals surface area (Å²) in [6.45, 7) is 2.30. The van der Waals surface area contributed by atoms with Crippen LogP contribution in [0.5, 0.6) is 0 Å². The molecule has 0 aromatic heterocycles. The number of hydrogen-bond acceptors (Lipinski definition) is 2. The monoisotopic (exact) mass is 255 g/mol. The van der Waals surface area contributed by atoms with E-state index in [4.69, 9.17) is 4.74 Å². The van der Waals surface area contributed by atoms with Gasteiger partial charge in [-0.05, 0) is 20.0 Å². The SMILES string of the molecule is COC1CN(C)CCC1I. The van der Waals surface area contributed by atoms with Gasteiger partial charge in [0.25, 0.3) is 0 Å². The molecule has 0 spiro atoms. The molecule has 0 saturated carbocycles. The Labute approximate surface area is 76.1 Å². The minimum absolute atomic E-state index is 0.444. The van der Waals surface area contributed by atoms with Crippen molar-refractivity contribution in [3.63, 3.8) is 0 Å². The predicted molar refractivity (Wildman–Crippen MR) is 50.7 cm³/mol. The molecule has 10 heavy (non-hydrogen) atoms. The number of halogens is 1. The maximum absolute atomic E-state index is 5.32. The number of methoxy groups -OCH3 is 1. The van der Waals surface area contributed by atoms with Crippen molar-refractivity contribution >= 4 is 22.6 Å². The predicted octanol–water partition coefficient (Wildman–Crippen LogP) is 1.14. The molecule has 1 aliphatic rings. The van der Waals surface area contributed by atoms with Gasteiger partial charge in [0.2, 0.25) is 0 Å². The number of likely N-dealkylation sites (tertiary alicyclic amines) is 1. The fourth-order valence-electron chi connectivity index (χ4n) is 1.26. The Balaban J connectivity index is 2.38. The van der Waals surface area contributed by atoms with Gasteiger partial charge in [-0.25, -0.2) is 0 Å². The van der Waals surface area contributed by atoms with Crippen molar-refractivity contribution in [3.05, 3.63) is 0 Å². The van der Waals surface area contributed by atoms with E-state index in [1.165, 1.54) is 13.0 Å². The zero-order valence-corrected chi connectivity index (χ0v) is 8.67. The lowest BCUT2D eigenvalue weighted by Gasteiger charge is -2.32. The number of hydrogen-bond donors (Lipinski definition) is 0. The second-order valence-electron chi connectivity index (χ2n) is 2.84. The van der Waals surface area contributed by atoms with E-state index in [0.717, 1.165) is 6.54 Å². The fourth-order valence-corrected chi connectivity index (χ4v) is 2.06. The first-order chi connectivity index (χ1) is 4.74. The van der Waals surface area contributed by atoms with Crippen LogP contribution in [0.3, 0.4) is 0 Å². The van der Waals surface area contributed by atoms with Crippen LogP contribution >= 0.6 is 22.6 Å². The molecular formula is C7H14INO. The van der Waals surface area contributed by atoms with E-state index < -0.39 is 0 Å². The smallest absolute Gasteiger partial charge is 0.0815 e. The number of rotatable bonds is 1. The number of likely N-dealkylation sites (N-methyl/N-ethyl adjacent to an activating group) is 1. The summed E-state index contributed by atoms with van der Waals surface area (Å²) in [4.78, 5) is 2.32. The van der Waals surface area contributed by atoms with Crippen LogP contribution in [0.4, 0.5) is 0 Å². The summed E-state index contributed by atoms with van der Waals surface area (Å²) in [6, 6.07) is 0. The molecule has 0 aromatic rings. The van der Waals surface area contributed by atoms with Crippen molar-refractivity contribution < 1.29 is 4.74 Å². The van der Waals surface area contributed by atoms with Gasteiger partial charge in [0.1, 0.15) is 0 Å². The third-order valence-electron chi connectivity index (χ3n) is 1.98. The topological polar surface area (TPSA) is 12.5 Å². The third kappa shape index (κ3) is 2.07. The zero-order chi connectivity index (χ0) is 7.56. The van der Waals surface area contributed by atoms with Gasteiger partial charge in [-0.1, -0.05) is 22.6 Å². The summed E-state index contributed by atoms with van der Waals surface area (Å²) in [5, 5.41) is 0. The molecule has 2 unspecified atom stereocenters. The maximum Gasteiger partial charge on any atom is 0.0815 e. The van der Waals surface area contributed by atoms with Crippen LogP contribution in [-0.4, -0.2) is 42.2 Å². The van der Waals surface area contributed by atoms with E-state index in [2.05, 4.69) is 34.5 Å². The Bertz CT molecular complexity index is 110. The largest absolute Gasteiger partial charge is 0.379 e. The number of nitrogens with zero attached hydrogens (tertiary/aromatic N) is 1. The summed E-state index contributed by atoms with van der Waals surface area (Å²) in [6.07, 6.45) is 1.70. The molecule has 2 nitrogen and oxygen atoms in total. The Hall–Kier alpha value is 0.650. The third-order valence-corrected chi connectivity index (χ3v) is 3.41. The molecule has 1 saturated heterocycles. The molecule has 0 aliphatic carbocycles. The first-order valence-electron chi connectivity index (χ1n) is 3.59. The van der Waals surface area contributed by atoms with Crippen LogP contribution in [0.15, 0.2) is 0 Å². The maximum atomic E-state index is 5.32. The van der Waals surface area contributed by atoms with Gasteiger partial charge in [0, 0.05) is 17.6 Å². The minimum Gasteiger partial charge on any atom is -0.379 e. The highest BCUT2D eigenvalue weighted by molar-refractivity contribution is 14.1. The van der Waals surface area contributed by atoms with Crippen molar-refractivity contribution in [2.75, 3.05) is 27.2 Å². The Morgan fingerprint density at radius 3 is 2.80 bits per heavy atom. The van der Waals surface area contributed by atoms with Gasteiger partial charge in [0.15, 0.2) is 0 Å². The summed E-state index contributed by atoms with van der Waals surface area (Å²) in [5.74, 6) is 0. The molecule has 0 radical (unpaired) electrons. The summed E-state index contributed by atoms with van der Waals surface area (Å²) in [7, 11) is 3.95. The van der Waals surface area contributed by atoms with Gasteiger partial charge in [-0.15, -0.1) is 0 Å². The molecule has 1 aliphatic heterocycles. The molecule has 3 heteroatoms. The van der Waals surface area contributed by atoms with Crippen LogP contribution in [0.25, 0.3) is 0 Å². The van der Waals surface area contributed by atoms with E-state index in [1.807, 2.05) is 0 Å². The number of alkyl halides is 1. The van der Waals surface area contributed by atoms with Crippen molar-refractivity contribution in [2.24, 2.45) is 0 Å². The van der Waals surface area contributed by atoms with Gasteiger partial charge in [-0.2, -0.15) is 0 Å². The van der Waals surface area contributed by atoms with E-state index >= 15 is 0 Å². The molecule has 0 amide bonds.